The second-order valence-electron chi connectivity index (χ2n) is 5.22. The van der Waals surface area contributed by atoms with Crippen molar-refractivity contribution in [2.75, 3.05) is 10.6 Å². The second kappa shape index (κ2) is 5.14. The van der Waals surface area contributed by atoms with Gasteiger partial charge >= 0.3 is 6.03 Å². The van der Waals surface area contributed by atoms with E-state index in [0.29, 0.717) is 11.8 Å². The highest BCUT2D eigenvalue weighted by molar-refractivity contribution is 5.98. The molecule has 1 aromatic carbocycles. The summed E-state index contributed by atoms with van der Waals surface area (Å²) in [5.41, 5.74) is 0.533. The molecular formula is C14H17N3O2. The molecule has 19 heavy (non-hydrogen) atoms. The van der Waals surface area contributed by atoms with Crippen molar-refractivity contribution < 1.29 is 9.21 Å². The number of nitrogens with zero attached hydrogens (tertiary/aromatic N) is 1. The van der Waals surface area contributed by atoms with Crippen LogP contribution < -0.4 is 10.6 Å². The fourth-order valence-electron chi connectivity index (χ4n) is 1.47. The highest BCUT2D eigenvalue weighted by Gasteiger charge is 2.20. The molecule has 0 radical (unpaired) electrons. The molecule has 1 aromatic heterocycles. The Morgan fingerprint density at radius 3 is 2.42 bits per heavy atom. The normalized spacial score (nSPS) is 11.1. The van der Waals surface area contributed by atoms with Crippen molar-refractivity contribution in [1.29, 1.82) is 0 Å². The maximum absolute atomic E-state index is 11.7. The summed E-state index contributed by atoms with van der Waals surface area (Å²) < 4.78 is 5.47. The van der Waals surface area contributed by atoms with Crippen LogP contribution in [-0.4, -0.2) is 11.0 Å². The molecule has 0 bridgehead atoms. The van der Waals surface area contributed by atoms with Crippen molar-refractivity contribution in [3.8, 4) is 0 Å². The standard InChI is InChI=1S/C14H17N3O2/c1-14(2,3)12-15-9-11(19-12)17-13(18)16-10-7-5-4-6-8-10/h4-9H,1-3H3,(H2,16,17,18). The minimum Gasteiger partial charge on any atom is -0.424 e. The van der Waals surface area contributed by atoms with Gasteiger partial charge in [0.1, 0.15) is 0 Å². The molecule has 100 valence electrons. The lowest BCUT2D eigenvalue weighted by Gasteiger charge is -2.12. The summed E-state index contributed by atoms with van der Waals surface area (Å²) in [6.07, 6.45) is 1.51. The third-order valence-corrected chi connectivity index (χ3v) is 2.42. The quantitative estimate of drug-likeness (QED) is 0.865. The van der Waals surface area contributed by atoms with Crippen LogP contribution >= 0.6 is 0 Å². The van der Waals surface area contributed by atoms with E-state index in [-0.39, 0.29) is 11.4 Å². The first-order valence-corrected chi connectivity index (χ1v) is 6.04. The first-order chi connectivity index (χ1) is 8.95. The van der Waals surface area contributed by atoms with E-state index in [4.69, 9.17) is 4.42 Å². The van der Waals surface area contributed by atoms with Gasteiger partial charge in [0.25, 0.3) is 0 Å². The summed E-state index contributed by atoms with van der Waals surface area (Å²) in [6.45, 7) is 5.98. The van der Waals surface area contributed by atoms with Gasteiger partial charge in [-0.3, -0.25) is 5.32 Å². The molecule has 1 heterocycles. The number of anilines is 2. The summed E-state index contributed by atoms with van der Waals surface area (Å²) in [5, 5.41) is 5.30. The average molecular weight is 259 g/mol. The van der Waals surface area contributed by atoms with Gasteiger partial charge in [0, 0.05) is 11.1 Å². The highest BCUT2D eigenvalue weighted by atomic mass is 16.4. The first-order valence-electron chi connectivity index (χ1n) is 6.04. The third-order valence-electron chi connectivity index (χ3n) is 2.42. The molecule has 0 atom stereocenters. The van der Waals surface area contributed by atoms with Gasteiger partial charge in [-0.05, 0) is 12.1 Å². The van der Waals surface area contributed by atoms with Crippen molar-refractivity contribution >= 4 is 17.6 Å². The lowest BCUT2D eigenvalue weighted by molar-refractivity contribution is 0.261. The van der Waals surface area contributed by atoms with E-state index in [9.17, 15) is 4.79 Å². The molecule has 0 unspecified atom stereocenters. The highest BCUT2D eigenvalue weighted by Crippen LogP contribution is 2.23. The molecule has 0 aliphatic carbocycles. The maximum Gasteiger partial charge on any atom is 0.326 e. The van der Waals surface area contributed by atoms with E-state index < -0.39 is 0 Å². The zero-order valence-corrected chi connectivity index (χ0v) is 11.2. The molecule has 5 heteroatoms. The van der Waals surface area contributed by atoms with E-state index in [1.165, 1.54) is 6.20 Å². The van der Waals surface area contributed by atoms with Crippen LogP contribution in [0.2, 0.25) is 0 Å². The van der Waals surface area contributed by atoms with E-state index in [1.54, 1.807) is 12.1 Å². The fraction of sp³-hybridized carbons (Fsp3) is 0.286. The van der Waals surface area contributed by atoms with Gasteiger partial charge in [-0.2, -0.15) is 0 Å². The number of benzene rings is 1. The Morgan fingerprint density at radius 2 is 1.84 bits per heavy atom. The van der Waals surface area contributed by atoms with Crippen LogP contribution in [0.25, 0.3) is 0 Å². The number of oxazole rings is 1. The van der Waals surface area contributed by atoms with Crippen LogP contribution in [0, 0.1) is 0 Å². The van der Waals surface area contributed by atoms with Crippen LogP contribution in [0.15, 0.2) is 40.9 Å². The number of hydrogen-bond acceptors (Lipinski definition) is 3. The summed E-state index contributed by atoms with van der Waals surface area (Å²) in [6, 6.07) is 8.84. The average Bonchev–Trinajstić information content (AvgIpc) is 2.78. The summed E-state index contributed by atoms with van der Waals surface area (Å²) >= 11 is 0. The second-order valence-corrected chi connectivity index (χ2v) is 5.22. The van der Waals surface area contributed by atoms with E-state index >= 15 is 0 Å². The number of para-hydroxylation sites is 1. The Labute approximate surface area is 112 Å². The monoisotopic (exact) mass is 259 g/mol. The fourth-order valence-corrected chi connectivity index (χ4v) is 1.47. The number of nitrogens with one attached hydrogen (secondary N) is 2. The molecule has 0 saturated carbocycles. The molecule has 2 rings (SSSR count). The molecule has 2 aromatic rings. The van der Waals surface area contributed by atoms with Gasteiger partial charge in [0.2, 0.25) is 11.8 Å². The summed E-state index contributed by atoms with van der Waals surface area (Å²) in [4.78, 5) is 15.9. The van der Waals surface area contributed by atoms with E-state index in [1.807, 2.05) is 39.0 Å². The molecule has 0 aliphatic rings. The zero-order chi connectivity index (χ0) is 13.9. The number of urea groups is 1. The number of aromatic nitrogens is 1. The van der Waals surface area contributed by atoms with Crippen molar-refractivity contribution in [3.63, 3.8) is 0 Å². The van der Waals surface area contributed by atoms with Gasteiger partial charge in [0.15, 0.2) is 0 Å². The Kier molecular flexibility index (Phi) is 3.55. The SMILES string of the molecule is CC(C)(C)c1ncc(NC(=O)Nc2ccccc2)o1. The van der Waals surface area contributed by atoms with Crippen molar-refractivity contribution in [3.05, 3.63) is 42.4 Å². The van der Waals surface area contributed by atoms with Gasteiger partial charge in [-0.1, -0.05) is 39.0 Å². The molecular weight excluding hydrogens is 242 g/mol. The van der Waals surface area contributed by atoms with Gasteiger partial charge in [-0.25, -0.2) is 9.78 Å². The Balaban J connectivity index is 1.98. The predicted octanol–water partition coefficient (Wildman–Crippen LogP) is 3.62. The minimum absolute atomic E-state index is 0.185. The number of hydrogen-bond donors (Lipinski definition) is 2. The largest absolute Gasteiger partial charge is 0.424 e. The van der Waals surface area contributed by atoms with E-state index in [0.717, 1.165) is 5.69 Å². The smallest absolute Gasteiger partial charge is 0.326 e. The molecule has 2 N–H and O–H groups in total. The zero-order valence-electron chi connectivity index (χ0n) is 11.2. The predicted molar refractivity (Wildman–Crippen MR) is 74.3 cm³/mol. The van der Waals surface area contributed by atoms with Gasteiger partial charge < -0.3 is 9.73 Å². The molecule has 2 amide bonds. The number of amides is 2. The minimum atomic E-state index is -0.359. The summed E-state index contributed by atoms with van der Waals surface area (Å²) in [5.74, 6) is 0.917. The summed E-state index contributed by atoms with van der Waals surface area (Å²) in [7, 11) is 0. The van der Waals surface area contributed by atoms with Crippen LogP contribution in [-0.2, 0) is 5.41 Å². The van der Waals surface area contributed by atoms with Crippen LogP contribution in [0.1, 0.15) is 26.7 Å². The number of carbonyl (C=O) groups is 1. The Morgan fingerprint density at radius 1 is 1.16 bits per heavy atom. The third kappa shape index (κ3) is 3.58. The Bertz CT molecular complexity index is 556. The van der Waals surface area contributed by atoms with Crippen LogP contribution in [0.5, 0.6) is 0 Å². The topological polar surface area (TPSA) is 67.2 Å². The Hall–Kier alpha value is -2.30. The number of rotatable bonds is 2. The lowest BCUT2D eigenvalue weighted by atomic mass is 9.97. The first kappa shape index (κ1) is 13.1. The van der Waals surface area contributed by atoms with Crippen LogP contribution in [0.3, 0.4) is 0 Å². The molecule has 0 aliphatic heterocycles. The molecule has 5 nitrogen and oxygen atoms in total. The van der Waals surface area contributed by atoms with Crippen molar-refractivity contribution in [2.24, 2.45) is 0 Å². The molecule has 0 fully saturated rings. The maximum atomic E-state index is 11.7. The van der Waals surface area contributed by atoms with Gasteiger partial charge in [-0.15, -0.1) is 0 Å². The number of carbonyl (C=O) groups excluding carboxylic acids is 1. The van der Waals surface area contributed by atoms with Crippen molar-refractivity contribution in [1.82, 2.24) is 4.98 Å². The van der Waals surface area contributed by atoms with Gasteiger partial charge in [0.05, 0.1) is 6.20 Å². The van der Waals surface area contributed by atoms with Crippen molar-refractivity contribution in [2.45, 2.75) is 26.2 Å². The molecule has 0 saturated heterocycles. The van der Waals surface area contributed by atoms with E-state index in [2.05, 4.69) is 15.6 Å². The molecule has 0 spiro atoms. The van der Waals surface area contributed by atoms with Crippen LogP contribution in [0.4, 0.5) is 16.4 Å². The lowest BCUT2D eigenvalue weighted by Crippen LogP contribution is -2.19.